The summed E-state index contributed by atoms with van der Waals surface area (Å²) in [5.41, 5.74) is 6.14. The monoisotopic (exact) mass is 257 g/mol. The van der Waals surface area contributed by atoms with Gasteiger partial charge in [-0.2, -0.15) is 0 Å². The molecule has 0 saturated carbocycles. The van der Waals surface area contributed by atoms with Crippen LogP contribution in [0.25, 0.3) is 0 Å². The molecule has 17 heavy (non-hydrogen) atoms. The van der Waals surface area contributed by atoms with Crippen molar-refractivity contribution < 1.29 is 18.3 Å². The zero-order valence-electron chi connectivity index (χ0n) is 9.30. The standard InChI is InChI=1S/C11H15NO4S/c12-11(14)10-4-2-1-3-9(10)5-7-17(15,16)8-6-13/h1-4,13H,5-8H2,(H2,12,14). The number of benzene rings is 1. The first-order chi connectivity index (χ1) is 7.96. The van der Waals surface area contributed by atoms with Gasteiger partial charge in [0.05, 0.1) is 18.1 Å². The number of carbonyl (C=O) groups excluding carboxylic acids is 1. The van der Waals surface area contributed by atoms with Crippen molar-refractivity contribution in [3.63, 3.8) is 0 Å². The molecule has 6 heteroatoms. The van der Waals surface area contributed by atoms with Crippen LogP contribution in [-0.2, 0) is 16.3 Å². The van der Waals surface area contributed by atoms with E-state index in [9.17, 15) is 13.2 Å². The molecule has 5 nitrogen and oxygen atoms in total. The second-order valence-electron chi connectivity index (χ2n) is 3.65. The summed E-state index contributed by atoms with van der Waals surface area (Å²) in [7, 11) is -3.27. The smallest absolute Gasteiger partial charge is 0.248 e. The van der Waals surface area contributed by atoms with Gasteiger partial charge >= 0.3 is 0 Å². The van der Waals surface area contributed by atoms with Crippen LogP contribution in [0.2, 0.25) is 0 Å². The quantitative estimate of drug-likeness (QED) is 0.733. The third kappa shape index (κ3) is 4.16. The van der Waals surface area contributed by atoms with E-state index in [0.717, 1.165) is 0 Å². The second kappa shape index (κ2) is 5.79. The van der Waals surface area contributed by atoms with Gasteiger partial charge in [-0.1, -0.05) is 18.2 Å². The van der Waals surface area contributed by atoms with Gasteiger partial charge in [0.25, 0.3) is 0 Å². The van der Waals surface area contributed by atoms with E-state index < -0.39 is 15.7 Å². The van der Waals surface area contributed by atoms with Crippen LogP contribution in [0.5, 0.6) is 0 Å². The van der Waals surface area contributed by atoms with Crippen molar-refractivity contribution in [3.8, 4) is 0 Å². The number of rotatable bonds is 6. The Kier molecular flexibility index (Phi) is 4.65. The van der Waals surface area contributed by atoms with E-state index in [4.69, 9.17) is 10.8 Å². The average molecular weight is 257 g/mol. The Bertz CT molecular complexity index is 496. The maximum Gasteiger partial charge on any atom is 0.248 e. The molecule has 0 spiro atoms. The van der Waals surface area contributed by atoms with Crippen molar-refractivity contribution in [1.29, 1.82) is 0 Å². The number of hydrogen-bond donors (Lipinski definition) is 2. The fourth-order valence-electron chi connectivity index (χ4n) is 1.49. The van der Waals surface area contributed by atoms with Crippen molar-refractivity contribution in [2.45, 2.75) is 6.42 Å². The number of aliphatic hydroxyl groups is 1. The van der Waals surface area contributed by atoms with Crippen molar-refractivity contribution in [2.24, 2.45) is 5.73 Å². The molecule has 0 fully saturated rings. The molecule has 1 aromatic rings. The third-order valence-corrected chi connectivity index (χ3v) is 4.00. The number of aryl methyl sites for hydroxylation is 1. The number of amides is 1. The van der Waals surface area contributed by atoms with E-state index in [1.54, 1.807) is 24.3 Å². The molecule has 0 unspecified atom stereocenters. The fourth-order valence-corrected chi connectivity index (χ4v) is 2.50. The lowest BCUT2D eigenvalue weighted by Gasteiger charge is -2.06. The summed E-state index contributed by atoms with van der Waals surface area (Å²) < 4.78 is 22.8. The minimum Gasteiger partial charge on any atom is -0.395 e. The summed E-state index contributed by atoms with van der Waals surface area (Å²) >= 11 is 0. The molecule has 0 saturated heterocycles. The summed E-state index contributed by atoms with van der Waals surface area (Å²) in [6, 6.07) is 6.64. The number of sulfone groups is 1. The molecule has 0 atom stereocenters. The highest BCUT2D eigenvalue weighted by Gasteiger charge is 2.13. The van der Waals surface area contributed by atoms with Crippen molar-refractivity contribution >= 4 is 15.7 Å². The Morgan fingerprint density at radius 2 is 1.88 bits per heavy atom. The van der Waals surface area contributed by atoms with Crippen LogP contribution in [0.15, 0.2) is 24.3 Å². The van der Waals surface area contributed by atoms with Gasteiger partial charge in [0, 0.05) is 5.56 Å². The number of aliphatic hydroxyl groups excluding tert-OH is 1. The van der Waals surface area contributed by atoms with Gasteiger partial charge in [0.1, 0.15) is 0 Å². The molecule has 0 aromatic heterocycles. The zero-order valence-corrected chi connectivity index (χ0v) is 10.1. The highest BCUT2D eigenvalue weighted by atomic mass is 32.2. The predicted octanol–water partition coefficient (Wildman–Crippen LogP) is -0.265. The van der Waals surface area contributed by atoms with E-state index in [1.165, 1.54) is 0 Å². The normalized spacial score (nSPS) is 11.4. The van der Waals surface area contributed by atoms with E-state index >= 15 is 0 Å². The topological polar surface area (TPSA) is 97.5 Å². The Morgan fingerprint density at radius 3 is 2.47 bits per heavy atom. The van der Waals surface area contributed by atoms with Crippen LogP contribution in [0, 0.1) is 0 Å². The number of hydrogen-bond acceptors (Lipinski definition) is 4. The summed E-state index contributed by atoms with van der Waals surface area (Å²) in [4.78, 5) is 11.1. The van der Waals surface area contributed by atoms with Gasteiger partial charge in [0.2, 0.25) is 5.91 Å². The van der Waals surface area contributed by atoms with Crippen molar-refractivity contribution in [1.82, 2.24) is 0 Å². The molecule has 1 amide bonds. The van der Waals surface area contributed by atoms with Gasteiger partial charge in [-0.05, 0) is 18.1 Å². The maximum atomic E-state index is 11.4. The lowest BCUT2D eigenvalue weighted by molar-refractivity contribution is 0.0999. The Hall–Kier alpha value is -1.40. The average Bonchev–Trinajstić information content (AvgIpc) is 2.27. The first-order valence-corrected chi connectivity index (χ1v) is 6.97. The Morgan fingerprint density at radius 1 is 1.24 bits per heavy atom. The molecule has 0 heterocycles. The maximum absolute atomic E-state index is 11.4. The highest BCUT2D eigenvalue weighted by Crippen LogP contribution is 2.10. The number of carbonyl (C=O) groups is 1. The summed E-state index contributed by atoms with van der Waals surface area (Å²) in [6.45, 7) is -0.389. The van der Waals surface area contributed by atoms with Gasteiger partial charge in [-0.15, -0.1) is 0 Å². The molecule has 0 bridgehead atoms. The van der Waals surface area contributed by atoms with Crippen LogP contribution < -0.4 is 5.73 Å². The van der Waals surface area contributed by atoms with E-state index in [2.05, 4.69) is 0 Å². The van der Waals surface area contributed by atoms with E-state index in [-0.39, 0.29) is 24.5 Å². The van der Waals surface area contributed by atoms with Crippen molar-refractivity contribution in [3.05, 3.63) is 35.4 Å². The SMILES string of the molecule is NC(=O)c1ccccc1CCS(=O)(=O)CCO. The molecule has 94 valence electrons. The van der Waals surface area contributed by atoms with E-state index in [0.29, 0.717) is 11.1 Å². The number of nitrogens with two attached hydrogens (primary N) is 1. The molecule has 1 rings (SSSR count). The Labute approximate surface area is 100 Å². The van der Waals surface area contributed by atoms with Crippen molar-refractivity contribution in [2.75, 3.05) is 18.1 Å². The summed E-state index contributed by atoms with van der Waals surface area (Å²) in [5.74, 6) is -0.927. The molecule has 0 radical (unpaired) electrons. The lowest BCUT2D eigenvalue weighted by atomic mass is 10.1. The van der Waals surface area contributed by atoms with E-state index in [1.807, 2.05) is 0 Å². The second-order valence-corrected chi connectivity index (χ2v) is 5.95. The Balaban J connectivity index is 2.80. The molecule has 0 aliphatic rings. The van der Waals surface area contributed by atoms with Gasteiger partial charge in [-0.25, -0.2) is 8.42 Å². The molecule has 0 aliphatic heterocycles. The third-order valence-electron chi connectivity index (χ3n) is 2.37. The minimum atomic E-state index is -3.27. The van der Waals surface area contributed by atoms with Gasteiger partial charge in [0.15, 0.2) is 9.84 Å². The molecular weight excluding hydrogens is 242 g/mol. The van der Waals surface area contributed by atoms with Crippen LogP contribution in [0.3, 0.4) is 0 Å². The van der Waals surface area contributed by atoms with Crippen LogP contribution in [0.1, 0.15) is 15.9 Å². The highest BCUT2D eigenvalue weighted by molar-refractivity contribution is 7.91. The summed E-state index contributed by atoms with van der Waals surface area (Å²) in [6.07, 6.45) is 0.224. The number of primary amides is 1. The predicted molar refractivity (Wildman–Crippen MR) is 64.4 cm³/mol. The molecule has 3 N–H and O–H groups in total. The van der Waals surface area contributed by atoms with Gasteiger partial charge in [-0.3, -0.25) is 4.79 Å². The van der Waals surface area contributed by atoms with Gasteiger partial charge < -0.3 is 10.8 Å². The summed E-state index contributed by atoms with van der Waals surface area (Å²) in [5, 5.41) is 8.59. The lowest BCUT2D eigenvalue weighted by Crippen LogP contribution is -2.18. The fraction of sp³-hybridized carbons (Fsp3) is 0.364. The van der Waals surface area contributed by atoms with Crippen LogP contribution in [-0.4, -0.2) is 37.5 Å². The zero-order chi connectivity index (χ0) is 12.9. The minimum absolute atomic E-state index is 0.0994. The first kappa shape index (κ1) is 13.7. The molecular formula is C11H15NO4S. The largest absolute Gasteiger partial charge is 0.395 e. The van der Waals surface area contributed by atoms with Crippen LogP contribution >= 0.6 is 0 Å². The molecule has 0 aliphatic carbocycles. The van der Waals surface area contributed by atoms with Crippen LogP contribution in [0.4, 0.5) is 0 Å². The first-order valence-electron chi connectivity index (χ1n) is 5.15. The molecule has 1 aromatic carbocycles.